The predicted octanol–water partition coefficient (Wildman–Crippen LogP) is 4.82. The van der Waals surface area contributed by atoms with Crippen LogP contribution in [0.15, 0.2) is 54.9 Å². The van der Waals surface area contributed by atoms with Crippen molar-refractivity contribution in [2.24, 2.45) is 0 Å². The second-order valence-electron chi connectivity index (χ2n) is 5.84. The van der Waals surface area contributed by atoms with E-state index in [4.69, 9.17) is 0 Å². The molecule has 0 saturated heterocycles. The van der Waals surface area contributed by atoms with Crippen LogP contribution in [-0.2, 0) is 0 Å². The highest BCUT2D eigenvalue weighted by molar-refractivity contribution is 5.93. The van der Waals surface area contributed by atoms with E-state index in [-0.39, 0.29) is 11.1 Å². The Morgan fingerprint density at radius 3 is 2.48 bits per heavy atom. The number of hydrogen-bond donors (Lipinski definition) is 1. The highest BCUT2D eigenvalue weighted by Crippen LogP contribution is 2.33. The summed E-state index contributed by atoms with van der Waals surface area (Å²) < 4.78 is 42.4. The molecule has 1 N–H and O–H groups in total. The van der Waals surface area contributed by atoms with Crippen LogP contribution in [0.25, 0.3) is 33.4 Å². The summed E-state index contributed by atoms with van der Waals surface area (Å²) in [5, 5.41) is 3.35. The molecule has 4 nitrogen and oxygen atoms in total. The van der Waals surface area contributed by atoms with Crippen LogP contribution in [0, 0.1) is 17.5 Å². The number of hydrogen-bond acceptors (Lipinski definition) is 4. The molecule has 2 aromatic carbocycles. The van der Waals surface area contributed by atoms with E-state index in [1.165, 1.54) is 24.3 Å². The highest BCUT2D eigenvalue weighted by Gasteiger charge is 2.17. The van der Waals surface area contributed by atoms with Crippen molar-refractivity contribution in [2.75, 3.05) is 12.4 Å². The van der Waals surface area contributed by atoms with Crippen molar-refractivity contribution < 1.29 is 13.2 Å². The molecule has 0 amide bonds. The molecule has 0 spiro atoms. The first kappa shape index (κ1) is 17.0. The Morgan fingerprint density at radius 1 is 0.889 bits per heavy atom. The monoisotopic (exact) mass is 366 g/mol. The van der Waals surface area contributed by atoms with Gasteiger partial charge in [0.15, 0.2) is 17.5 Å². The molecule has 0 radical (unpaired) electrons. The van der Waals surface area contributed by atoms with Gasteiger partial charge in [-0.3, -0.25) is 4.98 Å². The molecule has 27 heavy (non-hydrogen) atoms. The first-order chi connectivity index (χ1) is 13.1. The number of pyridine rings is 1. The van der Waals surface area contributed by atoms with Gasteiger partial charge in [-0.1, -0.05) is 12.1 Å². The second-order valence-corrected chi connectivity index (χ2v) is 5.84. The lowest BCUT2D eigenvalue weighted by Crippen LogP contribution is -2.00. The molecule has 4 aromatic rings. The molecule has 2 aromatic heterocycles. The molecule has 2 heterocycles. The summed E-state index contributed by atoms with van der Waals surface area (Å²) >= 11 is 0. The van der Waals surface area contributed by atoms with Crippen molar-refractivity contribution in [3.8, 4) is 22.5 Å². The minimum Gasteiger partial charge on any atom is -0.373 e. The third-order valence-electron chi connectivity index (χ3n) is 4.18. The first-order valence-electron chi connectivity index (χ1n) is 8.12. The number of benzene rings is 2. The van der Waals surface area contributed by atoms with Crippen molar-refractivity contribution in [1.29, 1.82) is 0 Å². The van der Waals surface area contributed by atoms with Gasteiger partial charge in [-0.2, -0.15) is 0 Å². The average molecular weight is 366 g/mol. The van der Waals surface area contributed by atoms with Crippen molar-refractivity contribution >= 4 is 16.7 Å². The minimum absolute atomic E-state index is 0.0719. The van der Waals surface area contributed by atoms with Crippen molar-refractivity contribution in [1.82, 2.24) is 15.0 Å². The number of fused-ring (bicyclic) bond motifs is 1. The summed E-state index contributed by atoms with van der Waals surface area (Å²) in [4.78, 5) is 12.9. The summed E-state index contributed by atoms with van der Waals surface area (Å²) in [5.41, 5.74) is 0.839. The van der Waals surface area contributed by atoms with Gasteiger partial charge in [0.2, 0.25) is 0 Å². The summed E-state index contributed by atoms with van der Waals surface area (Å²) in [6.07, 6.45) is 3.24. The summed E-state index contributed by atoms with van der Waals surface area (Å²) in [6, 6.07) is 9.80. The lowest BCUT2D eigenvalue weighted by atomic mass is 10.0. The van der Waals surface area contributed by atoms with E-state index < -0.39 is 17.5 Å². The number of aromatic nitrogens is 3. The standard InChI is InChI=1S/C20H13F3N4/c1-24-20-14-8-16(22)13(12-5-2-6-15(21)18(12)23)9-17(14)26-19(27-20)11-4-3-7-25-10-11/h2-10H,1H3,(H,24,26,27). The van der Waals surface area contributed by atoms with Gasteiger partial charge in [0.25, 0.3) is 0 Å². The molecule has 0 fully saturated rings. The van der Waals surface area contributed by atoms with Crippen LogP contribution in [-0.4, -0.2) is 22.0 Å². The van der Waals surface area contributed by atoms with E-state index in [0.29, 0.717) is 28.1 Å². The van der Waals surface area contributed by atoms with E-state index in [1.54, 1.807) is 31.6 Å². The molecule has 0 aliphatic rings. The lowest BCUT2D eigenvalue weighted by molar-refractivity contribution is 0.510. The molecular weight excluding hydrogens is 353 g/mol. The van der Waals surface area contributed by atoms with Gasteiger partial charge in [-0.15, -0.1) is 0 Å². The van der Waals surface area contributed by atoms with E-state index in [1.807, 2.05) is 0 Å². The topological polar surface area (TPSA) is 50.7 Å². The summed E-state index contributed by atoms with van der Waals surface area (Å²) in [5.74, 6) is -2.03. The number of halogens is 3. The average Bonchev–Trinajstić information content (AvgIpc) is 2.70. The van der Waals surface area contributed by atoms with Gasteiger partial charge < -0.3 is 5.32 Å². The zero-order valence-electron chi connectivity index (χ0n) is 14.2. The number of nitrogens with one attached hydrogen (secondary N) is 1. The van der Waals surface area contributed by atoms with Crippen LogP contribution < -0.4 is 5.32 Å². The van der Waals surface area contributed by atoms with E-state index >= 15 is 0 Å². The maximum Gasteiger partial charge on any atom is 0.166 e. The molecular formula is C20H13F3N4. The van der Waals surface area contributed by atoms with Gasteiger partial charge in [-0.05, 0) is 30.3 Å². The Bertz CT molecular complexity index is 1150. The van der Waals surface area contributed by atoms with Crippen LogP contribution in [0.4, 0.5) is 19.0 Å². The first-order valence-corrected chi connectivity index (χ1v) is 8.12. The molecule has 7 heteroatoms. The number of rotatable bonds is 3. The fourth-order valence-corrected chi connectivity index (χ4v) is 2.88. The van der Waals surface area contributed by atoms with E-state index in [0.717, 1.165) is 6.07 Å². The molecule has 4 rings (SSSR count). The van der Waals surface area contributed by atoms with Crippen LogP contribution >= 0.6 is 0 Å². The van der Waals surface area contributed by atoms with Crippen LogP contribution in [0.5, 0.6) is 0 Å². The zero-order chi connectivity index (χ0) is 19.0. The summed E-state index contributed by atoms with van der Waals surface area (Å²) in [7, 11) is 1.66. The Kier molecular flexibility index (Phi) is 4.19. The molecule has 134 valence electrons. The summed E-state index contributed by atoms with van der Waals surface area (Å²) in [6.45, 7) is 0. The predicted molar refractivity (Wildman–Crippen MR) is 97.6 cm³/mol. The minimum atomic E-state index is -1.11. The number of anilines is 1. The molecule has 0 saturated carbocycles. The largest absolute Gasteiger partial charge is 0.373 e. The van der Waals surface area contributed by atoms with Crippen molar-refractivity contribution in [3.05, 3.63) is 72.3 Å². The van der Waals surface area contributed by atoms with Gasteiger partial charge >= 0.3 is 0 Å². The maximum absolute atomic E-state index is 14.7. The fourth-order valence-electron chi connectivity index (χ4n) is 2.88. The normalized spacial score (nSPS) is 11.0. The molecule has 0 atom stereocenters. The molecule has 0 aliphatic carbocycles. The van der Waals surface area contributed by atoms with Gasteiger partial charge in [0, 0.05) is 41.5 Å². The maximum atomic E-state index is 14.7. The molecule has 0 bridgehead atoms. The third-order valence-corrected chi connectivity index (χ3v) is 4.18. The second kappa shape index (κ2) is 6.68. The smallest absolute Gasteiger partial charge is 0.166 e. The van der Waals surface area contributed by atoms with E-state index in [2.05, 4.69) is 20.3 Å². The SMILES string of the molecule is CNc1nc(-c2cccnc2)nc2cc(-c3cccc(F)c3F)c(F)cc12. The van der Waals surface area contributed by atoms with Gasteiger partial charge in [0.05, 0.1) is 5.52 Å². The Morgan fingerprint density at radius 2 is 1.74 bits per heavy atom. The third kappa shape index (κ3) is 2.97. The fraction of sp³-hybridized carbons (Fsp3) is 0.0500. The van der Waals surface area contributed by atoms with E-state index in [9.17, 15) is 13.2 Å². The van der Waals surface area contributed by atoms with Gasteiger partial charge in [-0.25, -0.2) is 23.1 Å². The molecule has 0 unspecified atom stereocenters. The quantitative estimate of drug-likeness (QED) is 0.565. The zero-order valence-corrected chi connectivity index (χ0v) is 14.2. The Labute approximate surface area is 152 Å². The Balaban J connectivity index is 1.98. The highest BCUT2D eigenvalue weighted by atomic mass is 19.2. The van der Waals surface area contributed by atoms with Crippen molar-refractivity contribution in [3.63, 3.8) is 0 Å². The van der Waals surface area contributed by atoms with Crippen LogP contribution in [0.1, 0.15) is 0 Å². The van der Waals surface area contributed by atoms with Crippen LogP contribution in [0.2, 0.25) is 0 Å². The molecule has 0 aliphatic heterocycles. The van der Waals surface area contributed by atoms with Gasteiger partial charge in [0.1, 0.15) is 11.6 Å². The lowest BCUT2D eigenvalue weighted by Gasteiger charge is -2.11. The van der Waals surface area contributed by atoms with Crippen LogP contribution in [0.3, 0.4) is 0 Å². The Hall–Kier alpha value is -3.48. The number of nitrogens with zero attached hydrogens (tertiary/aromatic N) is 3. The van der Waals surface area contributed by atoms with Crippen molar-refractivity contribution in [2.45, 2.75) is 0 Å².